The molecular formula is C8H5BrIO2Si. The van der Waals surface area contributed by atoms with E-state index in [4.69, 9.17) is 4.74 Å². The Kier molecular flexibility index (Phi) is 4.40. The monoisotopic (exact) mass is 367 g/mol. The lowest BCUT2D eigenvalue weighted by molar-refractivity contribution is 0.0572. The summed E-state index contributed by atoms with van der Waals surface area (Å²) in [6.07, 6.45) is 0.210. The van der Waals surface area contributed by atoms with Crippen LogP contribution in [0.5, 0.6) is 0 Å². The Morgan fingerprint density at radius 2 is 2.31 bits per heavy atom. The second-order valence-electron chi connectivity index (χ2n) is 2.20. The van der Waals surface area contributed by atoms with E-state index in [0.717, 1.165) is 8.04 Å². The summed E-state index contributed by atoms with van der Waals surface area (Å²) in [5.41, 5.74) is 0.577. The number of ether oxygens (including phenoxy) is 1. The topological polar surface area (TPSA) is 26.3 Å². The fourth-order valence-electron chi connectivity index (χ4n) is 0.797. The Bertz CT molecular complexity index is 330. The molecule has 0 bridgehead atoms. The van der Waals surface area contributed by atoms with E-state index in [0.29, 0.717) is 5.56 Å². The van der Waals surface area contributed by atoms with Gasteiger partial charge in [-0.1, -0.05) is 15.9 Å². The van der Waals surface area contributed by atoms with Gasteiger partial charge in [0.25, 0.3) is 0 Å². The van der Waals surface area contributed by atoms with Crippen LogP contribution in [0.1, 0.15) is 10.4 Å². The molecule has 1 aromatic rings. The maximum atomic E-state index is 11.3. The molecule has 2 nitrogen and oxygen atoms in total. The van der Waals surface area contributed by atoms with E-state index in [1.807, 2.05) is 12.1 Å². The van der Waals surface area contributed by atoms with Crippen molar-refractivity contribution < 1.29 is 9.53 Å². The van der Waals surface area contributed by atoms with Crippen LogP contribution in [0.25, 0.3) is 0 Å². The second kappa shape index (κ2) is 5.11. The molecule has 0 aliphatic heterocycles. The molecule has 13 heavy (non-hydrogen) atoms. The molecule has 5 heteroatoms. The van der Waals surface area contributed by atoms with Crippen LogP contribution in [0.4, 0.5) is 0 Å². The summed E-state index contributed by atoms with van der Waals surface area (Å²) in [5.74, 6) is -0.319. The molecule has 0 aliphatic rings. The fraction of sp³-hybridized carbons (Fsp3) is 0.125. The average Bonchev–Trinajstić information content (AvgIpc) is 2.09. The van der Waals surface area contributed by atoms with E-state index in [2.05, 4.69) is 48.8 Å². The molecule has 67 valence electrons. The molecule has 0 heterocycles. The van der Waals surface area contributed by atoms with Gasteiger partial charge in [0.05, 0.1) is 22.0 Å². The van der Waals surface area contributed by atoms with Gasteiger partial charge in [-0.05, 0) is 40.8 Å². The normalized spacial score (nSPS) is 9.77. The predicted molar refractivity (Wildman–Crippen MR) is 62.9 cm³/mol. The first-order valence-electron chi connectivity index (χ1n) is 3.42. The Hall–Kier alpha value is 0.117. The van der Waals surface area contributed by atoms with Gasteiger partial charge >= 0.3 is 5.97 Å². The highest BCUT2D eigenvalue weighted by molar-refractivity contribution is 14.1. The summed E-state index contributed by atoms with van der Waals surface area (Å²) in [7, 11) is 3.08. The van der Waals surface area contributed by atoms with Crippen LogP contribution in [0.3, 0.4) is 0 Å². The first-order chi connectivity index (χ1) is 6.15. The van der Waals surface area contributed by atoms with Crippen LogP contribution >= 0.6 is 38.5 Å². The lowest BCUT2D eigenvalue weighted by atomic mass is 10.2. The minimum Gasteiger partial charge on any atom is -0.467 e. The zero-order chi connectivity index (χ0) is 9.84. The van der Waals surface area contributed by atoms with Gasteiger partial charge in [0, 0.05) is 8.04 Å². The molecule has 0 aliphatic carbocycles. The standard InChI is InChI=1S/C8H5BrIO2Si/c9-5-1-2-7(10)6(3-5)8(11)12-4-13/h1-3H,4H2. The summed E-state index contributed by atoms with van der Waals surface area (Å²) in [6, 6.07) is 5.48. The number of halogens is 2. The number of esters is 1. The van der Waals surface area contributed by atoms with Crippen molar-refractivity contribution in [3.8, 4) is 0 Å². The number of hydrogen-bond acceptors (Lipinski definition) is 2. The van der Waals surface area contributed by atoms with Crippen molar-refractivity contribution in [2.45, 2.75) is 0 Å². The van der Waals surface area contributed by atoms with Gasteiger partial charge in [0.15, 0.2) is 0 Å². The molecule has 0 unspecified atom stereocenters. The van der Waals surface area contributed by atoms with Crippen molar-refractivity contribution in [2.24, 2.45) is 0 Å². The molecule has 0 atom stereocenters. The average molecular weight is 368 g/mol. The Labute approximate surface area is 102 Å². The third-order valence-corrected chi connectivity index (χ3v) is 2.93. The maximum Gasteiger partial charge on any atom is 0.338 e. The molecule has 0 fully saturated rings. The van der Waals surface area contributed by atoms with Crippen LogP contribution in [0.15, 0.2) is 22.7 Å². The minimum absolute atomic E-state index is 0.210. The van der Waals surface area contributed by atoms with E-state index < -0.39 is 0 Å². The van der Waals surface area contributed by atoms with Crippen molar-refractivity contribution in [2.75, 3.05) is 6.23 Å². The van der Waals surface area contributed by atoms with Crippen LogP contribution in [-0.2, 0) is 4.74 Å². The first kappa shape index (κ1) is 11.2. The number of benzene rings is 1. The molecule has 0 N–H and O–H groups in total. The van der Waals surface area contributed by atoms with E-state index in [9.17, 15) is 4.79 Å². The van der Waals surface area contributed by atoms with Gasteiger partial charge in [0.1, 0.15) is 0 Å². The van der Waals surface area contributed by atoms with Crippen LogP contribution < -0.4 is 0 Å². The van der Waals surface area contributed by atoms with Gasteiger partial charge in [-0.15, -0.1) is 0 Å². The molecule has 1 aromatic carbocycles. The molecule has 1 rings (SSSR count). The molecule has 0 saturated heterocycles. The summed E-state index contributed by atoms with van der Waals surface area (Å²) in [6.45, 7) is 0. The van der Waals surface area contributed by atoms with Crippen molar-refractivity contribution in [1.82, 2.24) is 0 Å². The molecule has 3 radical (unpaired) electrons. The summed E-state index contributed by atoms with van der Waals surface area (Å²) < 4.78 is 6.56. The molecular weight excluding hydrogens is 363 g/mol. The van der Waals surface area contributed by atoms with Crippen LogP contribution in [0, 0.1) is 3.57 Å². The predicted octanol–water partition coefficient (Wildman–Crippen LogP) is 2.34. The van der Waals surface area contributed by atoms with Gasteiger partial charge in [-0.25, -0.2) is 4.79 Å². The highest BCUT2D eigenvalue weighted by atomic mass is 127. The van der Waals surface area contributed by atoms with Gasteiger partial charge in [-0.3, -0.25) is 0 Å². The summed E-state index contributed by atoms with van der Waals surface area (Å²) in [4.78, 5) is 11.3. The Morgan fingerprint density at radius 3 is 2.92 bits per heavy atom. The molecule has 0 amide bonds. The van der Waals surface area contributed by atoms with E-state index >= 15 is 0 Å². The molecule has 0 spiro atoms. The third kappa shape index (κ3) is 3.06. The van der Waals surface area contributed by atoms with Crippen molar-refractivity contribution in [1.29, 1.82) is 0 Å². The maximum absolute atomic E-state index is 11.3. The lowest BCUT2D eigenvalue weighted by Crippen LogP contribution is -2.07. The Morgan fingerprint density at radius 1 is 1.62 bits per heavy atom. The second-order valence-corrected chi connectivity index (χ2v) is 4.57. The first-order valence-corrected chi connectivity index (χ1v) is 6.00. The highest BCUT2D eigenvalue weighted by Crippen LogP contribution is 2.18. The summed E-state index contributed by atoms with van der Waals surface area (Å²) >= 11 is 5.39. The largest absolute Gasteiger partial charge is 0.467 e. The smallest absolute Gasteiger partial charge is 0.338 e. The van der Waals surface area contributed by atoms with Gasteiger partial charge < -0.3 is 4.74 Å². The summed E-state index contributed by atoms with van der Waals surface area (Å²) in [5, 5.41) is 0. The van der Waals surface area contributed by atoms with Crippen molar-refractivity contribution in [3.63, 3.8) is 0 Å². The number of rotatable bonds is 2. The van der Waals surface area contributed by atoms with Crippen LogP contribution in [-0.4, -0.2) is 22.4 Å². The minimum atomic E-state index is -0.319. The Balaban J connectivity index is 2.99. The molecule has 0 saturated carbocycles. The van der Waals surface area contributed by atoms with Gasteiger partial charge in [0.2, 0.25) is 0 Å². The third-order valence-electron chi connectivity index (χ3n) is 1.35. The highest BCUT2D eigenvalue weighted by Gasteiger charge is 2.10. The number of carbonyl (C=O) groups is 1. The lowest BCUT2D eigenvalue weighted by Gasteiger charge is -2.04. The van der Waals surface area contributed by atoms with E-state index in [1.54, 1.807) is 6.07 Å². The molecule has 0 aromatic heterocycles. The number of carbonyl (C=O) groups excluding carboxylic acids is 1. The van der Waals surface area contributed by atoms with Crippen molar-refractivity contribution in [3.05, 3.63) is 31.8 Å². The zero-order valence-corrected chi connectivity index (χ0v) is 11.3. The number of hydrogen-bond donors (Lipinski definition) is 0. The van der Waals surface area contributed by atoms with Crippen molar-refractivity contribution >= 4 is 54.7 Å². The van der Waals surface area contributed by atoms with Gasteiger partial charge in [-0.2, -0.15) is 0 Å². The quantitative estimate of drug-likeness (QED) is 0.455. The zero-order valence-electron chi connectivity index (χ0n) is 6.51. The SMILES string of the molecule is O=C(OC[Si])c1cc(Br)ccc1I. The fourth-order valence-corrected chi connectivity index (χ4v) is 1.85. The van der Waals surface area contributed by atoms with E-state index in [1.165, 1.54) is 0 Å². The van der Waals surface area contributed by atoms with E-state index in [-0.39, 0.29) is 12.2 Å². The van der Waals surface area contributed by atoms with Crippen LogP contribution in [0.2, 0.25) is 0 Å².